The van der Waals surface area contributed by atoms with Gasteiger partial charge in [-0.25, -0.2) is 9.97 Å². The Labute approximate surface area is 160 Å². The van der Waals surface area contributed by atoms with Gasteiger partial charge in [-0.3, -0.25) is 4.90 Å². The summed E-state index contributed by atoms with van der Waals surface area (Å²) >= 11 is 0. The Bertz CT molecular complexity index is 941. The molecule has 1 aliphatic rings. The number of anilines is 2. The largest absolute Gasteiger partial charge is 0.497 e. The highest BCUT2D eigenvalue weighted by Crippen LogP contribution is 2.23. The highest BCUT2D eigenvalue weighted by atomic mass is 16.5. The normalized spacial score (nSPS) is 13.9. The minimum atomic E-state index is 0.633. The van der Waals surface area contributed by atoms with Gasteiger partial charge in [-0.05, 0) is 24.6 Å². The van der Waals surface area contributed by atoms with E-state index in [0.29, 0.717) is 5.95 Å². The molecule has 2 aromatic carbocycles. The van der Waals surface area contributed by atoms with Crippen molar-refractivity contribution in [2.24, 2.45) is 0 Å². The first kappa shape index (κ1) is 17.5. The molecule has 0 saturated carbocycles. The molecule has 4 rings (SSSR count). The molecule has 1 N–H and O–H groups in total. The molecule has 0 unspecified atom stereocenters. The van der Waals surface area contributed by atoms with Gasteiger partial charge in [0.2, 0.25) is 5.95 Å². The minimum absolute atomic E-state index is 0.633. The number of rotatable bonds is 5. The summed E-state index contributed by atoms with van der Waals surface area (Å²) in [7, 11) is 1.66. The van der Waals surface area contributed by atoms with Crippen LogP contribution in [0.1, 0.15) is 22.4 Å². The van der Waals surface area contributed by atoms with Crippen LogP contribution in [0.15, 0.2) is 54.7 Å². The summed E-state index contributed by atoms with van der Waals surface area (Å²) in [6, 6.07) is 16.5. The molecular weight excluding hydrogens is 336 g/mol. The smallest absolute Gasteiger partial charge is 0.227 e. The number of hydrogen-bond donors (Lipinski definition) is 1. The highest BCUT2D eigenvalue weighted by Gasteiger charge is 2.18. The Morgan fingerprint density at radius 2 is 2.04 bits per heavy atom. The fourth-order valence-electron chi connectivity index (χ4n) is 3.47. The standard InChI is InChI=1S/C22H24N4O/c1-16-5-3-6-17(11-16)14-26-10-9-21-18(15-26)13-23-22(25-21)24-19-7-4-8-20(12-19)27-2/h3-8,11-13H,9-10,14-15H2,1-2H3,(H,23,24,25). The molecule has 0 fully saturated rings. The van der Waals surface area contributed by atoms with Crippen molar-refractivity contribution in [2.75, 3.05) is 19.0 Å². The molecule has 3 aromatic rings. The number of aromatic nitrogens is 2. The summed E-state index contributed by atoms with van der Waals surface area (Å²) in [4.78, 5) is 11.7. The van der Waals surface area contributed by atoms with E-state index >= 15 is 0 Å². The predicted octanol–water partition coefficient (Wildman–Crippen LogP) is 4.10. The third-order valence-corrected chi connectivity index (χ3v) is 4.83. The number of hydrogen-bond acceptors (Lipinski definition) is 5. The van der Waals surface area contributed by atoms with E-state index in [9.17, 15) is 0 Å². The van der Waals surface area contributed by atoms with Crippen LogP contribution in [-0.2, 0) is 19.5 Å². The van der Waals surface area contributed by atoms with Crippen LogP contribution in [0, 0.1) is 6.92 Å². The first-order valence-electron chi connectivity index (χ1n) is 9.23. The van der Waals surface area contributed by atoms with Crippen molar-refractivity contribution in [1.82, 2.24) is 14.9 Å². The maximum atomic E-state index is 5.26. The molecule has 0 radical (unpaired) electrons. The molecule has 1 aromatic heterocycles. The van der Waals surface area contributed by atoms with Crippen LogP contribution in [0.2, 0.25) is 0 Å². The van der Waals surface area contributed by atoms with E-state index in [1.807, 2.05) is 30.5 Å². The number of nitrogens with one attached hydrogen (secondary N) is 1. The quantitative estimate of drug-likeness (QED) is 0.742. The van der Waals surface area contributed by atoms with Crippen LogP contribution in [0.4, 0.5) is 11.6 Å². The second-order valence-corrected chi connectivity index (χ2v) is 6.97. The van der Waals surface area contributed by atoms with E-state index in [1.54, 1.807) is 7.11 Å². The number of ether oxygens (including phenoxy) is 1. The minimum Gasteiger partial charge on any atom is -0.497 e. The van der Waals surface area contributed by atoms with E-state index < -0.39 is 0 Å². The van der Waals surface area contributed by atoms with Gasteiger partial charge in [0.1, 0.15) is 5.75 Å². The van der Waals surface area contributed by atoms with Gasteiger partial charge in [-0.1, -0.05) is 35.9 Å². The molecule has 5 nitrogen and oxygen atoms in total. The van der Waals surface area contributed by atoms with Gasteiger partial charge in [0.05, 0.1) is 12.8 Å². The van der Waals surface area contributed by atoms with Gasteiger partial charge < -0.3 is 10.1 Å². The molecule has 0 atom stereocenters. The summed E-state index contributed by atoms with van der Waals surface area (Å²) in [6.45, 7) is 5.00. The third-order valence-electron chi connectivity index (χ3n) is 4.83. The lowest BCUT2D eigenvalue weighted by Crippen LogP contribution is -2.31. The van der Waals surface area contributed by atoms with Gasteiger partial charge in [0.15, 0.2) is 0 Å². The maximum Gasteiger partial charge on any atom is 0.227 e. The van der Waals surface area contributed by atoms with Crippen LogP contribution >= 0.6 is 0 Å². The van der Waals surface area contributed by atoms with Crippen molar-refractivity contribution in [3.63, 3.8) is 0 Å². The molecular formula is C22H24N4O. The zero-order valence-corrected chi connectivity index (χ0v) is 15.8. The summed E-state index contributed by atoms with van der Waals surface area (Å²) in [6.07, 6.45) is 2.89. The van der Waals surface area contributed by atoms with E-state index in [0.717, 1.165) is 43.2 Å². The predicted molar refractivity (Wildman–Crippen MR) is 107 cm³/mol. The summed E-state index contributed by atoms with van der Waals surface area (Å²) in [5.41, 5.74) is 5.93. The van der Waals surface area contributed by atoms with Crippen LogP contribution in [0.5, 0.6) is 5.75 Å². The molecule has 0 aliphatic carbocycles. The zero-order chi connectivity index (χ0) is 18.6. The van der Waals surface area contributed by atoms with Crippen LogP contribution < -0.4 is 10.1 Å². The Hall–Kier alpha value is -2.92. The lowest BCUT2D eigenvalue weighted by Gasteiger charge is -2.28. The highest BCUT2D eigenvalue weighted by molar-refractivity contribution is 5.56. The molecule has 0 saturated heterocycles. The van der Waals surface area contributed by atoms with Crippen molar-refractivity contribution in [3.8, 4) is 5.75 Å². The molecule has 2 heterocycles. The summed E-state index contributed by atoms with van der Waals surface area (Å²) in [5.74, 6) is 1.44. The molecule has 138 valence electrons. The summed E-state index contributed by atoms with van der Waals surface area (Å²) < 4.78 is 5.26. The SMILES string of the molecule is COc1cccc(Nc2ncc3c(n2)CCN(Cc2cccc(C)c2)C3)c1. The molecule has 0 spiro atoms. The Morgan fingerprint density at radius 1 is 1.15 bits per heavy atom. The second-order valence-electron chi connectivity index (χ2n) is 6.97. The summed E-state index contributed by atoms with van der Waals surface area (Å²) in [5, 5.41) is 3.27. The van der Waals surface area contributed by atoms with Crippen LogP contribution in [0.3, 0.4) is 0 Å². The number of aryl methyl sites for hydroxylation is 1. The monoisotopic (exact) mass is 360 g/mol. The van der Waals surface area contributed by atoms with Crippen LogP contribution in [-0.4, -0.2) is 28.5 Å². The fraction of sp³-hybridized carbons (Fsp3) is 0.273. The van der Waals surface area contributed by atoms with Gasteiger partial charge in [-0.15, -0.1) is 0 Å². The Kier molecular flexibility index (Phi) is 5.03. The first-order chi connectivity index (χ1) is 13.2. The van der Waals surface area contributed by atoms with Crippen molar-refractivity contribution >= 4 is 11.6 Å². The lowest BCUT2D eigenvalue weighted by atomic mass is 10.1. The van der Waals surface area contributed by atoms with Crippen molar-refractivity contribution in [3.05, 3.63) is 77.1 Å². The van der Waals surface area contributed by atoms with Crippen LogP contribution in [0.25, 0.3) is 0 Å². The van der Waals surface area contributed by atoms with Crippen molar-refractivity contribution in [2.45, 2.75) is 26.4 Å². The van der Waals surface area contributed by atoms with E-state index in [-0.39, 0.29) is 0 Å². The van der Waals surface area contributed by atoms with Gasteiger partial charge in [-0.2, -0.15) is 0 Å². The van der Waals surface area contributed by atoms with E-state index in [4.69, 9.17) is 9.72 Å². The number of benzene rings is 2. The molecule has 0 bridgehead atoms. The number of nitrogens with zero attached hydrogens (tertiary/aromatic N) is 3. The van der Waals surface area contributed by atoms with Gasteiger partial charge in [0.25, 0.3) is 0 Å². The first-order valence-corrected chi connectivity index (χ1v) is 9.23. The zero-order valence-electron chi connectivity index (χ0n) is 15.8. The molecule has 5 heteroatoms. The number of methoxy groups -OCH3 is 1. The topological polar surface area (TPSA) is 50.3 Å². The molecule has 27 heavy (non-hydrogen) atoms. The number of fused-ring (bicyclic) bond motifs is 1. The van der Waals surface area contributed by atoms with E-state index in [1.165, 1.54) is 16.7 Å². The fourth-order valence-corrected chi connectivity index (χ4v) is 3.47. The molecule has 0 amide bonds. The van der Waals surface area contributed by atoms with Crippen molar-refractivity contribution in [1.29, 1.82) is 0 Å². The lowest BCUT2D eigenvalue weighted by molar-refractivity contribution is 0.243. The third kappa shape index (κ3) is 4.26. The molecule has 1 aliphatic heterocycles. The second kappa shape index (κ2) is 7.76. The van der Waals surface area contributed by atoms with E-state index in [2.05, 4.69) is 46.4 Å². The Balaban J connectivity index is 1.44. The van der Waals surface area contributed by atoms with Gasteiger partial charge in [0, 0.05) is 49.6 Å². The van der Waals surface area contributed by atoms with Gasteiger partial charge >= 0.3 is 0 Å². The maximum absolute atomic E-state index is 5.26. The van der Waals surface area contributed by atoms with Crippen molar-refractivity contribution < 1.29 is 4.74 Å². The average molecular weight is 360 g/mol. The average Bonchev–Trinajstić information content (AvgIpc) is 2.68. The Morgan fingerprint density at radius 3 is 2.89 bits per heavy atom.